The van der Waals surface area contributed by atoms with Crippen molar-refractivity contribution in [1.29, 1.82) is 0 Å². The molecule has 0 amide bonds. The van der Waals surface area contributed by atoms with Gasteiger partial charge in [0.15, 0.2) is 0 Å². The highest BCUT2D eigenvalue weighted by molar-refractivity contribution is 5.37. The largest absolute Gasteiger partial charge is 0.496 e. The predicted octanol–water partition coefficient (Wildman–Crippen LogP) is 4.50. The first-order valence-corrected chi connectivity index (χ1v) is 7.69. The molecule has 0 saturated heterocycles. The second kappa shape index (κ2) is 5.77. The van der Waals surface area contributed by atoms with Gasteiger partial charge in [0.1, 0.15) is 5.75 Å². The van der Waals surface area contributed by atoms with E-state index in [1.807, 2.05) is 19.1 Å². The normalized spacial score (nSPS) is 27.1. The van der Waals surface area contributed by atoms with Crippen molar-refractivity contribution < 1.29 is 9.84 Å². The lowest BCUT2D eigenvalue weighted by Gasteiger charge is -2.45. The van der Waals surface area contributed by atoms with E-state index in [2.05, 4.69) is 26.8 Å². The zero-order valence-corrected chi connectivity index (χ0v) is 13.4. The third kappa shape index (κ3) is 2.85. The van der Waals surface area contributed by atoms with E-state index in [1.54, 1.807) is 7.11 Å². The zero-order valence-electron chi connectivity index (χ0n) is 13.4. The number of hydrogen-bond donors (Lipinski definition) is 1. The van der Waals surface area contributed by atoms with Gasteiger partial charge in [0.25, 0.3) is 0 Å². The van der Waals surface area contributed by atoms with Crippen molar-refractivity contribution in [2.24, 2.45) is 17.3 Å². The van der Waals surface area contributed by atoms with Crippen LogP contribution in [-0.4, -0.2) is 12.2 Å². The predicted molar refractivity (Wildman–Crippen MR) is 83.0 cm³/mol. The van der Waals surface area contributed by atoms with Crippen molar-refractivity contribution in [2.75, 3.05) is 7.11 Å². The van der Waals surface area contributed by atoms with Crippen LogP contribution in [0.4, 0.5) is 0 Å². The number of aryl methyl sites for hydroxylation is 1. The summed E-state index contributed by atoms with van der Waals surface area (Å²) < 4.78 is 5.31. The summed E-state index contributed by atoms with van der Waals surface area (Å²) in [6, 6.07) is 6.04. The topological polar surface area (TPSA) is 29.5 Å². The van der Waals surface area contributed by atoms with Gasteiger partial charge >= 0.3 is 0 Å². The van der Waals surface area contributed by atoms with Gasteiger partial charge in [-0.05, 0) is 53.9 Å². The number of methoxy groups -OCH3 is 1. The molecule has 1 unspecified atom stereocenters. The van der Waals surface area contributed by atoms with Gasteiger partial charge in [0.2, 0.25) is 0 Å². The summed E-state index contributed by atoms with van der Waals surface area (Å²) in [6.45, 7) is 8.91. The van der Waals surface area contributed by atoms with E-state index in [-0.39, 0.29) is 11.5 Å². The summed E-state index contributed by atoms with van der Waals surface area (Å²) in [6.07, 6.45) is 3.32. The Labute approximate surface area is 123 Å². The second-order valence-corrected chi connectivity index (χ2v) is 7.06. The molecule has 1 aliphatic rings. The molecule has 0 aliphatic heterocycles. The van der Waals surface area contributed by atoms with E-state index >= 15 is 0 Å². The molecular formula is C18H28O2. The van der Waals surface area contributed by atoms with Crippen LogP contribution in [0.15, 0.2) is 18.2 Å². The molecule has 2 rings (SSSR count). The molecule has 1 fully saturated rings. The molecule has 0 spiro atoms. The Balaban J connectivity index is 2.29. The van der Waals surface area contributed by atoms with Gasteiger partial charge in [-0.1, -0.05) is 39.7 Å². The number of rotatable bonds is 3. The summed E-state index contributed by atoms with van der Waals surface area (Å²) >= 11 is 0. The van der Waals surface area contributed by atoms with Gasteiger partial charge in [0.05, 0.1) is 13.2 Å². The molecule has 0 heterocycles. The van der Waals surface area contributed by atoms with Crippen LogP contribution in [0.3, 0.4) is 0 Å². The molecule has 1 aromatic carbocycles. The van der Waals surface area contributed by atoms with Crippen molar-refractivity contribution in [2.45, 2.75) is 53.1 Å². The summed E-state index contributed by atoms with van der Waals surface area (Å²) in [5.41, 5.74) is 2.31. The first-order chi connectivity index (χ1) is 9.36. The highest BCUT2D eigenvalue weighted by atomic mass is 16.5. The fraction of sp³-hybridized carbons (Fsp3) is 0.667. The number of benzene rings is 1. The summed E-state index contributed by atoms with van der Waals surface area (Å²) in [5, 5.41) is 10.9. The molecule has 3 atom stereocenters. The van der Waals surface area contributed by atoms with E-state index in [0.29, 0.717) is 11.8 Å². The van der Waals surface area contributed by atoms with Crippen molar-refractivity contribution >= 4 is 0 Å². The zero-order chi connectivity index (χ0) is 14.9. The second-order valence-electron chi connectivity index (χ2n) is 7.06. The smallest absolute Gasteiger partial charge is 0.121 e. The molecule has 1 saturated carbocycles. The average molecular weight is 276 g/mol. The van der Waals surface area contributed by atoms with Crippen LogP contribution >= 0.6 is 0 Å². The molecule has 20 heavy (non-hydrogen) atoms. The summed E-state index contributed by atoms with van der Waals surface area (Å²) in [7, 11) is 1.69. The van der Waals surface area contributed by atoms with Crippen LogP contribution in [0.25, 0.3) is 0 Å². The Morgan fingerprint density at radius 2 is 2.05 bits per heavy atom. The van der Waals surface area contributed by atoms with Crippen LogP contribution in [0.5, 0.6) is 5.75 Å². The summed E-state index contributed by atoms with van der Waals surface area (Å²) in [5.74, 6) is 1.78. The molecule has 0 aromatic heterocycles. The maximum atomic E-state index is 10.9. The standard InChI is InChI=1S/C18H28O2/c1-12-7-6-10-18(3,4)16(12)17(19)14-8-9-15(20-5)13(2)11-14/h8-9,11-12,16-17,19H,6-7,10H2,1-5H3/t12?,16-,17-/m1/s1. The molecular weight excluding hydrogens is 248 g/mol. The quantitative estimate of drug-likeness (QED) is 0.880. The molecule has 2 heteroatoms. The van der Waals surface area contributed by atoms with Crippen molar-refractivity contribution in [3.8, 4) is 5.75 Å². The summed E-state index contributed by atoms with van der Waals surface area (Å²) in [4.78, 5) is 0. The first kappa shape index (κ1) is 15.4. The molecule has 1 N–H and O–H groups in total. The Morgan fingerprint density at radius 3 is 2.60 bits per heavy atom. The van der Waals surface area contributed by atoms with E-state index in [4.69, 9.17) is 4.74 Å². The molecule has 0 bridgehead atoms. The van der Waals surface area contributed by atoms with E-state index in [1.165, 1.54) is 19.3 Å². The number of aliphatic hydroxyl groups is 1. The highest BCUT2D eigenvalue weighted by Crippen LogP contribution is 2.49. The fourth-order valence-electron chi connectivity index (χ4n) is 4.03. The van der Waals surface area contributed by atoms with Crippen LogP contribution in [0, 0.1) is 24.2 Å². The Kier molecular flexibility index (Phi) is 4.43. The minimum Gasteiger partial charge on any atom is -0.496 e. The maximum Gasteiger partial charge on any atom is 0.121 e. The van der Waals surface area contributed by atoms with Crippen LogP contribution < -0.4 is 4.74 Å². The van der Waals surface area contributed by atoms with Gasteiger partial charge < -0.3 is 9.84 Å². The lowest BCUT2D eigenvalue weighted by Crippen LogP contribution is -2.37. The van der Waals surface area contributed by atoms with E-state index < -0.39 is 0 Å². The van der Waals surface area contributed by atoms with E-state index in [9.17, 15) is 5.11 Å². The van der Waals surface area contributed by atoms with Crippen LogP contribution in [-0.2, 0) is 0 Å². The first-order valence-electron chi connectivity index (χ1n) is 7.69. The third-order valence-corrected chi connectivity index (χ3v) is 5.10. The van der Waals surface area contributed by atoms with Gasteiger partial charge in [-0.2, -0.15) is 0 Å². The van der Waals surface area contributed by atoms with Crippen molar-refractivity contribution in [3.63, 3.8) is 0 Å². The maximum absolute atomic E-state index is 10.9. The van der Waals surface area contributed by atoms with Gasteiger partial charge in [0, 0.05) is 0 Å². The molecule has 1 aliphatic carbocycles. The van der Waals surface area contributed by atoms with Crippen molar-refractivity contribution in [3.05, 3.63) is 29.3 Å². The highest BCUT2D eigenvalue weighted by Gasteiger charge is 2.41. The van der Waals surface area contributed by atoms with Gasteiger partial charge in [-0.25, -0.2) is 0 Å². The molecule has 112 valence electrons. The Bertz CT molecular complexity index is 464. The lowest BCUT2D eigenvalue weighted by molar-refractivity contribution is -0.0293. The molecule has 0 radical (unpaired) electrons. The number of aliphatic hydroxyl groups excluding tert-OH is 1. The number of hydrogen-bond acceptors (Lipinski definition) is 2. The Hall–Kier alpha value is -1.02. The average Bonchev–Trinajstić information content (AvgIpc) is 2.37. The van der Waals surface area contributed by atoms with Crippen molar-refractivity contribution in [1.82, 2.24) is 0 Å². The number of ether oxygens (including phenoxy) is 1. The van der Waals surface area contributed by atoms with Crippen LogP contribution in [0.1, 0.15) is 57.3 Å². The van der Waals surface area contributed by atoms with Gasteiger partial charge in [-0.3, -0.25) is 0 Å². The van der Waals surface area contributed by atoms with Crippen LogP contribution in [0.2, 0.25) is 0 Å². The lowest BCUT2D eigenvalue weighted by atomic mass is 9.61. The minimum absolute atomic E-state index is 0.199. The Morgan fingerprint density at radius 1 is 1.35 bits per heavy atom. The molecule has 2 nitrogen and oxygen atoms in total. The fourth-order valence-corrected chi connectivity index (χ4v) is 4.03. The minimum atomic E-state index is -0.384. The van der Waals surface area contributed by atoms with Gasteiger partial charge in [-0.15, -0.1) is 0 Å². The monoisotopic (exact) mass is 276 g/mol. The SMILES string of the molecule is COc1ccc([C@@H](O)[C@H]2C(C)CCCC2(C)C)cc1C. The molecule has 1 aromatic rings. The van der Waals surface area contributed by atoms with E-state index in [0.717, 1.165) is 16.9 Å². The third-order valence-electron chi connectivity index (χ3n) is 5.10.